The highest BCUT2D eigenvalue weighted by Gasteiger charge is 2.41. The number of rotatable bonds is 5. The quantitative estimate of drug-likeness (QED) is 0.766. The van der Waals surface area contributed by atoms with Crippen molar-refractivity contribution in [2.45, 2.75) is 51.9 Å². The number of aliphatic carboxylic acids is 1. The van der Waals surface area contributed by atoms with E-state index >= 15 is 0 Å². The van der Waals surface area contributed by atoms with Crippen molar-refractivity contribution >= 4 is 5.97 Å². The van der Waals surface area contributed by atoms with Crippen LogP contribution in [0.15, 0.2) is 0 Å². The zero-order valence-electron chi connectivity index (χ0n) is 11.8. The Bertz CT molecular complexity index is 295. The van der Waals surface area contributed by atoms with Crippen molar-refractivity contribution < 1.29 is 9.90 Å². The van der Waals surface area contributed by atoms with Crippen LogP contribution in [0.2, 0.25) is 0 Å². The van der Waals surface area contributed by atoms with Gasteiger partial charge in [0.15, 0.2) is 0 Å². The van der Waals surface area contributed by atoms with E-state index in [1.807, 2.05) is 0 Å². The molecule has 0 spiro atoms. The fourth-order valence-corrected chi connectivity index (χ4v) is 3.48. The smallest absolute Gasteiger partial charge is 0.310 e. The molecule has 1 N–H and O–H groups in total. The number of carboxylic acids is 1. The van der Waals surface area contributed by atoms with Crippen LogP contribution < -0.4 is 0 Å². The molecule has 0 heterocycles. The Hall–Kier alpha value is -0.570. The lowest BCUT2D eigenvalue weighted by molar-refractivity contribution is -0.151. The first-order chi connectivity index (χ1) is 8.53. The summed E-state index contributed by atoms with van der Waals surface area (Å²) in [5, 5.41) is 9.64. The van der Waals surface area contributed by atoms with Gasteiger partial charge in [0.05, 0.1) is 5.41 Å². The van der Waals surface area contributed by atoms with E-state index in [0.29, 0.717) is 0 Å². The molecule has 3 nitrogen and oxygen atoms in total. The third-order valence-electron chi connectivity index (χ3n) is 4.91. The van der Waals surface area contributed by atoms with E-state index in [0.717, 1.165) is 50.6 Å². The Morgan fingerprint density at radius 1 is 1.28 bits per heavy atom. The van der Waals surface area contributed by atoms with Crippen molar-refractivity contribution in [1.29, 1.82) is 0 Å². The molecular formula is C15H27NO2. The molecule has 0 aromatic heterocycles. The number of hydrogen-bond donors (Lipinski definition) is 1. The first kappa shape index (κ1) is 13.9. The Morgan fingerprint density at radius 2 is 1.83 bits per heavy atom. The highest BCUT2D eigenvalue weighted by Crippen LogP contribution is 2.40. The van der Waals surface area contributed by atoms with Crippen LogP contribution in [0, 0.1) is 17.3 Å². The van der Waals surface area contributed by atoms with Crippen LogP contribution in [0.5, 0.6) is 0 Å². The van der Waals surface area contributed by atoms with E-state index in [1.165, 1.54) is 19.3 Å². The topological polar surface area (TPSA) is 40.5 Å². The molecule has 0 bridgehead atoms. The van der Waals surface area contributed by atoms with Crippen LogP contribution in [0.25, 0.3) is 0 Å². The minimum atomic E-state index is -0.569. The molecule has 0 amide bonds. The van der Waals surface area contributed by atoms with Crippen molar-refractivity contribution in [2.24, 2.45) is 17.3 Å². The van der Waals surface area contributed by atoms with Crippen molar-refractivity contribution in [1.82, 2.24) is 4.90 Å². The molecule has 104 valence electrons. The molecule has 0 radical (unpaired) electrons. The summed E-state index contributed by atoms with van der Waals surface area (Å²) in [6, 6.07) is 0. The zero-order chi connectivity index (χ0) is 13.2. The van der Waals surface area contributed by atoms with Crippen molar-refractivity contribution in [3.8, 4) is 0 Å². The maximum absolute atomic E-state index is 11.7. The first-order valence-electron chi connectivity index (χ1n) is 7.45. The fraction of sp³-hybridized carbons (Fsp3) is 0.933. The SMILES string of the molecule is CC1CC1CN(C)CC1(C(=O)O)CCCCCC1. The van der Waals surface area contributed by atoms with Crippen LogP contribution in [0.4, 0.5) is 0 Å². The summed E-state index contributed by atoms with van der Waals surface area (Å²) in [4.78, 5) is 14.0. The average molecular weight is 253 g/mol. The van der Waals surface area contributed by atoms with Gasteiger partial charge in [-0.05, 0) is 38.1 Å². The summed E-state index contributed by atoms with van der Waals surface area (Å²) < 4.78 is 0. The van der Waals surface area contributed by atoms with Gasteiger partial charge in [-0.2, -0.15) is 0 Å². The Morgan fingerprint density at radius 3 is 2.28 bits per heavy atom. The van der Waals surface area contributed by atoms with Gasteiger partial charge in [-0.15, -0.1) is 0 Å². The number of nitrogens with zero attached hydrogens (tertiary/aromatic N) is 1. The van der Waals surface area contributed by atoms with Gasteiger partial charge in [-0.3, -0.25) is 4.79 Å². The predicted octanol–water partition coefficient (Wildman–Crippen LogP) is 3.00. The summed E-state index contributed by atoms with van der Waals surface area (Å²) in [6.45, 7) is 4.11. The number of carboxylic acid groups (broad SMARTS) is 1. The van der Waals surface area contributed by atoms with Crippen molar-refractivity contribution in [2.75, 3.05) is 20.1 Å². The van der Waals surface area contributed by atoms with Gasteiger partial charge >= 0.3 is 5.97 Å². The minimum Gasteiger partial charge on any atom is -0.481 e. The van der Waals surface area contributed by atoms with Crippen molar-refractivity contribution in [3.05, 3.63) is 0 Å². The molecule has 0 saturated heterocycles. The summed E-state index contributed by atoms with van der Waals surface area (Å²) in [5.41, 5.74) is -0.469. The van der Waals surface area contributed by atoms with Gasteiger partial charge in [-0.1, -0.05) is 32.6 Å². The van der Waals surface area contributed by atoms with Gasteiger partial charge in [-0.25, -0.2) is 0 Å². The zero-order valence-corrected chi connectivity index (χ0v) is 11.8. The molecule has 0 aliphatic heterocycles. The Labute approximate surface area is 111 Å². The molecule has 2 fully saturated rings. The van der Waals surface area contributed by atoms with E-state index in [1.54, 1.807) is 0 Å². The molecule has 0 aromatic rings. The van der Waals surface area contributed by atoms with E-state index in [2.05, 4.69) is 18.9 Å². The Kier molecular flexibility index (Phi) is 4.31. The highest BCUT2D eigenvalue weighted by molar-refractivity contribution is 5.75. The second kappa shape index (κ2) is 5.60. The second-order valence-corrected chi connectivity index (χ2v) is 6.67. The van der Waals surface area contributed by atoms with Gasteiger partial charge in [0, 0.05) is 13.1 Å². The molecule has 2 unspecified atom stereocenters. The lowest BCUT2D eigenvalue weighted by Gasteiger charge is -2.32. The van der Waals surface area contributed by atoms with Gasteiger partial charge in [0.1, 0.15) is 0 Å². The molecule has 2 rings (SSSR count). The van der Waals surface area contributed by atoms with Crippen LogP contribution in [-0.2, 0) is 4.79 Å². The van der Waals surface area contributed by atoms with Gasteiger partial charge in [0.25, 0.3) is 0 Å². The molecule has 0 aromatic carbocycles. The molecule has 3 heteroatoms. The normalized spacial score (nSPS) is 31.1. The largest absolute Gasteiger partial charge is 0.481 e. The van der Waals surface area contributed by atoms with E-state index in [-0.39, 0.29) is 0 Å². The molecular weight excluding hydrogens is 226 g/mol. The second-order valence-electron chi connectivity index (χ2n) is 6.67. The van der Waals surface area contributed by atoms with Gasteiger partial charge in [0.2, 0.25) is 0 Å². The summed E-state index contributed by atoms with van der Waals surface area (Å²) in [6.07, 6.45) is 7.64. The van der Waals surface area contributed by atoms with Crippen molar-refractivity contribution in [3.63, 3.8) is 0 Å². The van der Waals surface area contributed by atoms with Crippen LogP contribution in [-0.4, -0.2) is 36.1 Å². The molecule has 2 aliphatic carbocycles. The third-order valence-corrected chi connectivity index (χ3v) is 4.91. The fourth-order valence-electron chi connectivity index (χ4n) is 3.48. The van der Waals surface area contributed by atoms with Crippen LogP contribution >= 0.6 is 0 Å². The molecule has 2 saturated carbocycles. The summed E-state index contributed by atoms with van der Waals surface area (Å²) in [7, 11) is 2.10. The number of hydrogen-bond acceptors (Lipinski definition) is 2. The summed E-state index contributed by atoms with van der Waals surface area (Å²) in [5.74, 6) is 1.09. The maximum atomic E-state index is 11.7. The highest BCUT2D eigenvalue weighted by atomic mass is 16.4. The number of carbonyl (C=O) groups is 1. The first-order valence-corrected chi connectivity index (χ1v) is 7.45. The third kappa shape index (κ3) is 3.25. The van der Waals surface area contributed by atoms with E-state index in [9.17, 15) is 9.90 Å². The standard InChI is InChI=1S/C15H27NO2/c1-12-9-13(12)10-16(2)11-15(14(17)18)7-5-3-4-6-8-15/h12-13H,3-11H2,1-2H3,(H,17,18). The molecule has 2 atom stereocenters. The van der Waals surface area contributed by atoms with Crippen LogP contribution in [0.3, 0.4) is 0 Å². The van der Waals surface area contributed by atoms with Crippen LogP contribution in [0.1, 0.15) is 51.9 Å². The maximum Gasteiger partial charge on any atom is 0.310 e. The Balaban J connectivity index is 1.93. The molecule has 2 aliphatic rings. The predicted molar refractivity (Wildman–Crippen MR) is 72.5 cm³/mol. The lowest BCUT2D eigenvalue weighted by atomic mass is 9.80. The van der Waals surface area contributed by atoms with Gasteiger partial charge < -0.3 is 10.0 Å². The summed E-state index contributed by atoms with van der Waals surface area (Å²) >= 11 is 0. The average Bonchev–Trinajstić information content (AvgIpc) is 3.02. The van der Waals surface area contributed by atoms with E-state index in [4.69, 9.17) is 0 Å². The lowest BCUT2D eigenvalue weighted by Crippen LogP contribution is -2.42. The molecule has 18 heavy (non-hydrogen) atoms. The van der Waals surface area contributed by atoms with E-state index < -0.39 is 11.4 Å². The monoisotopic (exact) mass is 253 g/mol. The minimum absolute atomic E-state index is 0.469.